The fourth-order valence-corrected chi connectivity index (χ4v) is 4.89. The van der Waals surface area contributed by atoms with E-state index in [1.165, 1.54) is 17.2 Å². The molecule has 0 aromatic heterocycles. The van der Waals surface area contributed by atoms with Gasteiger partial charge >= 0.3 is 0 Å². The van der Waals surface area contributed by atoms with Gasteiger partial charge in [-0.1, -0.05) is 25.1 Å². The van der Waals surface area contributed by atoms with E-state index in [9.17, 15) is 4.39 Å². The second-order valence-electron chi connectivity index (χ2n) is 9.94. The molecule has 1 saturated heterocycles. The first-order valence-corrected chi connectivity index (χ1v) is 13.3. The zero-order chi connectivity index (χ0) is 27.8. The maximum Gasteiger partial charge on any atom is 0.300 e. The molecule has 3 aliphatic rings. The third-order valence-electron chi connectivity index (χ3n) is 6.86. The molecule has 3 aromatic rings. The lowest BCUT2D eigenvalue weighted by molar-refractivity contribution is -0.134. The molecule has 0 saturated carbocycles. The highest BCUT2D eigenvalue weighted by Crippen LogP contribution is 2.36. The highest BCUT2D eigenvalue weighted by atomic mass is 19.1. The van der Waals surface area contributed by atoms with E-state index in [-0.39, 0.29) is 11.6 Å². The van der Waals surface area contributed by atoms with E-state index in [1.807, 2.05) is 18.2 Å². The number of morpholine rings is 1. The van der Waals surface area contributed by atoms with Crippen LogP contribution in [0.2, 0.25) is 0 Å². The average Bonchev–Trinajstić information content (AvgIpc) is 3.55. The Kier molecular flexibility index (Phi) is 9.79. The van der Waals surface area contributed by atoms with Gasteiger partial charge in [0, 0.05) is 49.7 Å². The van der Waals surface area contributed by atoms with E-state index in [0.717, 1.165) is 94.0 Å². The van der Waals surface area contributed by atoms with E-state index in [4.69, 9.17) is 29.2 Å². The van der Waals surface area contributed by atoms with Crippen LogP contribution in [0.3, 0.4) is 0 Å². The molecule has 1 atom stereocenters. The number of rotatable bonds is 4. The SMILES string of the molecule is CC(=O)O.CC1COc2cc(O)ccc21.Fc1ccc(Oc2ccc(CN3CCOCC3)cc2)c2c1CCC2. The number of carboxylic acid groups (broad SMARTS) is 1. The summed E-state index contributed by atoms with van der Waals surface area (Å²) in [5.74, 6) is 2.24. The van der Waals surface area contributed by atoms with Gasteiger partial charge in [-0.2, -0.15) is 0 Å². The van der Waals surface area contributed by atoms with Crippen molar-refractivity contribution < 1.29 is 33.6 Å². The Bertz CT molecular complexity index is 1250. The first kappa shape index (κ1) is 28.4. The molecule has 0 bridgehead atoms. The topological polar surface area (TPSA) is 88.5 Å². The summed E-state index contributed by atoms with van der Waals surface area (Å²) in [6, 6.07) is 16.8. The van der Waals surface area contributed by atoms with Gasteiger partial charge in [-0.3, -0.25) is 9.69 Å². The van der Waals surface area contributed by atoms with Crippen LogP contribution in [-0.4, -0.2) is 54.0 Å². The number of carbonyl (C=O) groups is 1. The molecule has 2 N–H and O–H groups in total. The second-order valence-corrected chi connectivity index (χ2v) is 9.94. The molecule has 208 valence electrons. The minimum absolute atomic E-state index is 0.101. The summed E-state index contributed by atoms with van der Waals surface area (Å²) in [6.07, 6.45) is 2.72. The number of nitrogens with zero attached hydrogens (tertiary/aromatic N) is 1. The lowest BCUT2D eigenvalue weighted by Gasteiger charge is -2.26. The van der Waals surface area contributed by atoms with Gasteiger partial charge in [0.1, 0.15) is 28.8 Å². The smallest absolute Gasteiger partial charge is 0.300 e. The molecule has 0 spiro atoms. The number of hydrogen-bond donors (Lipinski definition) is 2. The molecule has 1 aliphatic carbocycles. The Morgan fingerprint density at radius 2 is 1.74 bits per heavy atom. The highest BCUT2D eigenvalue weighted by Gasteiger charge is 2.21. The number of ether oxygens (including phenoxy) is 3. The van der Waals surface area contributed by atoms with Crippen molar-refractivity contribution in [1.82, 2.24) is 4.90 Å². The maximum absolute atomic E-state index is 13.8. The molecule has 1 unspecified atom stereocenters. The van der Waals surface area contributed by atoms with Gasteiger partial charge in [-0.15, -0.1) is 0 Å². The van der Waals surface area contributed by atoms with Gasteiger partial charge in [-0.25, -0.2) is 4.39 Å². The minimum atomic E-state index is -0.833. The number of carboxylic acids is 1. The predicted octanol–water partition coefficient (Wildman–Crippen LogP) is 5.92. The van der Waals surface area contributed by atoms with E-state index < -0.39 is 5.97 Å². The number of aromatic hydroxyl groups is 1. The molecule has 0 amide bonds. The molecule has 2 aliphatic heterocycles. The minimum Gasteiger partial charge on any atom is -0.508 e. The fourth-order valence-electron chi connectivity index (χ4n) is 4.89. The normalized spacial score (nSPS) is 17.5. The van der Waals surface area contributed by atoms with E-state index in [1.54, 1.807) is 18.2 Å². The van der Waals surface area contributed by atoms with Crippen molar-refractivity contribution in [2.45, 2.75) is 45.6 Å². The Morgan fingerprint density at radius 1 is 1.05 bits per heavy atom. The molecule has 3 aromatic carbocycles. The summed E-state index contributed by atoms with van der Waals surface area (Å²) in [4.78, 5) is 11.4. The molecule has 6 rings (SSSR count). The van der Waals surface area contributed by atoms with Gasteiger partial charge in [0.25, 0.3) is 5.97 Å². The van der Waals surface area contributed by atoms with Crippen LogP contribution >= 0.6 is 0 Å². The molecular weight excluding hydrogens is 501 g/mol. The molecule has 0 radical (unpaired) electrons. The lowest BCUT2D eigenvalue weighted by Crippen LogP contribution is -2.35. The van der Waals surface area contributed by atoms with Crippen molar-refractivity contribution in [1.29, 1.82) is 0 Å². The number of phenolic OH excluding ortho intramolecular Hbond substituents is 1. The summed E-state index contributed by atoms with van der Waals surface area (Å²) in [5, 5.41) is 16.5. The van der Waals surface area contributed by atoms with E-state index >= 15 is 0 Å². The Hall–Kier alpha value is -3.62. The standard InChI is InChI=1S/C20H22FNO2.C9H10O2.C2H4O2/c21-19-8-9-20(18-3-1-2-17(18)19)24-16-6-4-15(5-7-16)14-22-10-12-23-13-11-22;1-6-5-11-9-4-7(10)2-3-8(6)9;1-2(3)4/h4-9H,1-3,10-14H2;2-4,6,10H,5H2,1H3;1H3,(H,3,4). The zero-order valence-corrected chi connectivity index (χ0v) is 22.5. The third-order valence-corrected chi connectivity index (χ3v) is 6.86. The molecule has 8 heteroatoms. The van der Waals surface area contributed by atoms with Crippen molar-refractivity contribution in [3.8, 4) is 23.0 Å². The summed E-state index contributed by atoms with van der Waals surface area (Å²) < 4.78 is 30.5. The Morgan fingerprint density at radius 3 is 2.46 bits per heavy atom. The van der Waals surface area contributed by atoms with Gasteiger partial charge in [0.2, 0.25) is 0 Å². The van der Waals surface area contributed by atoms with Crippen molar-refractivity contribution in [3.63, 3.8) is 0 Å². The summed E-state index contributed by atoms with van der Waals surface area (Å²) in [6.45, 7) is 8.48. The summed E-state index contributed by atoms with van der Waals surface area (Å²) in [5.41, 5.74) is 4.33. The van der Waals surface area contributed by atoms with E-state index in [2.05, 4.69) is 24.0 Å². The number of benzene rings is 3. The predicted molar refractivity (Wildman–Crippen MR) is 146 cm³/mol. The largest absolute Gasteiger partial charge is 0.508 e. The van der Waals surface area contributed by atoms with Gasteiger partial charge < -0.3 is 24.4 Å². The van der Waals surface area contributed by atoms with Crippen molar-refractivity contribution in [2.75, 3.05) is 32.9 Å². The number of hydrogen-bond acceptors (Lipinski definition) is 6. The summed E-state index contributed by atoms with van der Waals surface area (Å²) in [7, 11) is 0. The first-order chi connectivity index (χ1) is 18.8. The quantitative estimate of drug-likeness (QED) is 0.427. The third kappa shape index (κ3) is 7.94. The summed E-state index contributed by atoms with van der Waals surface area (Å²) >= 11 is 0. The van der Waals surface area contributed by atoms with Gasteiger partial charge in [0.05, 0.1) is 19.8 Å². The fraction of sp³-hybridized carbons (Fsp3) is 0.387. The Balaban J connectivity index is 0.000000194. The van der Waals surface area contributed by atoms with Crippen LogP contribution in [0, 0.1) is 5.82 Å². The van der Waals surface area contributed by atoms with Crippen LogP contribution in [0.1, 0.15) is 48.4 Å². The molecule has 39 heavy (non-hydrogen) atoms. The number of halogens is 1. The Labute approximate surface area is 228 Å². The number of aliphatic carboxylic acids is 1. The van der Waals surface area contributed by atoms with Crippen molar-refractivity contribution in [2.24, 2.45) is 0 Å². The number of phenols is 1. The van der Waals surface area contributed by atoms with Crippen LogP contribution in [0.25, 0.3) is 0 Å². The van der Waals surface area contributed by atoms with Gasteiger partial charge in [-0.05, 0) is 60.7 Å². The molecule has 2 heterocycles. The average molecular weight is 538 g/mol. The van der Waals surface area contributed by atoms with Crippen molar-refractivity contribution in [3.05, 3.63) is 82.7 Å². The van der Waals surface area contributed by atoms with Gasteiger partial charge in [0.15, 0.2) is 0 Å². The highest BCUT2D eigenvalue weighted by molar-refractivity contribution is 5.63. The monoisotopic (exact) mass is 537 g/mol. The maximum atomic E-state index is 13.8. The van der Waals surface area contributed by atoms with Crippen molar-refractivity contribution >= 4 is 5.97 Å². The van der Waals surface area contributed by atoms with Crippen LogP contribution in [-0.2, 0) is 28.9 Å². The first-order valence-electron chi connectivity index (χ1n) is 13.3. The molecular formula is C31H36FNO6. The van der Waals surface area contributed by atoms with Crippen LogP contribution < -0.4 is 9.47 Å². The number of fused-ring (bicyclic) bond motifs is 2. The molecule has 1 fully saturated rings. The van der Waals surface area contributed by atoms with Crippen LogP contribution in [0.15, 0.2) is 54.6 Å². The second kappa shape index (κ2) is 13.4. The lowest BCUT2D eigenvalue weighted by atomic mass is 10.0. The van der Waals surface area contributed by atoms with Crippen LogP contribution in [0.4, 0.5) is 4.39 Å². The van der Waals surface area contributed by atoms with E-state index in [0.29, 0.717) is 5.92 Å². The molecule has 7 nitrogen and oxygen atoms in total. The zero-order valence-electron chi connectivity index (χ0n) is 22.5. The van der Waals surface area contributed by atoms with Crippen LogP contribution in [0.5, 0.6) is 23.0 Å².